The third-order valence-electron chi connectivity index (χ3n) is 11.5. The lowest BCUT2D eigenvalue weighted by Crippen LogP contribution is -2.55. The van der Waals surface area contributed by atoms with Gasteiger partial charge in [-0.05, 0) is 90.8 Å². The van der Waals surface area contributed by atoms with E-state index in [0.717, 1.165) is 25.7 Å². The highest BCUT2D eigenvalue weighted by atomic mass is 16.5. The summed E-state index contributed by atoms with van der Waals surface area (Å²) in [6, 6.07) is 0. The van der Waals surface area contributed by atoms with Crippen molar-refractivity contribution in [2.45, 2.75) is 104 Å². The molecule has 3 aliphatic carbocycles. The standard InChI is InChI=1S/C28H48O6/c1-14(2)15(3)24(31)25(32)16(4)18-7-8-19-17-13-34-26(33)21-11-22(29)23(30)12-28(21,6)20(17)9-10-27(18,19)5/h14-25,29-32H,7-13H2,1-6H3/t15-,16+,17+,18-,19+,20+,21-,22+,23-,24+,25-,27-,28-/m1/s1. The van der Waals surface area contributed by atoms with Crippen molar-refractivity contribution in [1.82, 2.24) is 0 Å². The largest absolute Gasteiger partial charge is 0.465 e. The maximum Gasteiger partial charge on any atom is 0.309 e. The molecular formula is C28H48O6. The molecule has 0 aromatic heterocycles. The minimum Gasteiger partial charge on any atom is -0.465 e. The Morgan fingerprint density at radius 2 is 1.56 bits per heavy atom. The smallest absolute Gasteiger partial charge is 0.309 e. The zero-order chi connectivity index (χ0) is 25.2. The lowest BCUT2D eigenvalue weighted by molar-refractivity contribution is -0.162. The van der Waals surface area contributed by atoms with E-state index in [1.165, 1.54) is 0 Å². The zero-order valence-electron chi connectivity index (χ0n) is 22.0. The fourth-order valence-corrected chi connectivity index (χ4v) is 8.95. The number of esters is 1. The molecule has 4 fully saturated rings. The molecule has 0 spiro atoms. The summed E-state index contributed by atoms with van der Waals surface area (Å²) in [6.45, 7) is 13.2. The number of aliphatic hydroxyl groups is 4. The van der Waals surface area contributed by atoms with E-state index in [1.807, 2.05) is 6.92 Å². The van der Waals surface area contributed by atoms with Gasteiger partial charge in [0.1, 0.15) is 0 Å². The summed E-state index contributed by atoms with van der Waals surface area (Å²) < 4.78 is 5.86. The van der Waals surface area contributed by atoms with Crippen LogP contribution in [0.1, 0.15) is 80.1 Å². The summed E-state index contributed by atoms with van der Waals surface area (Å²) in [6.07, 6.45) is 1.61. The van der Waals surface area contributed by atoms with Crippen LogP contribution >= 0.6 is 0 Å². The number of fused-ring (bicyclic) bond motifs is 5. The lowest BCUT2D eigenvalue weighted by atomic mass is 9.48. The van der Waals surface area contributed by atoms with E-state index >= 15 is 0 Å². The number of hydrogen-bond donors (Lipinski definition) is 4. The Kier molecular flexibility index (Phi) is 7.23. The Bertz CT molecular complexity index is 755. The molecule has 4 N–H and O–H groups in total. The van der Waals surface area contributed by atoms with Crippen LogP contribution in [0.2, 0.25) is 0 Å². The molecular weight excluding hydrogens is 432 g/mol. The van der Waals surface area contributed by atoms with E-state index < -0.39 is 24.4 Å². The number of aliphatic hydroxyl groups excluding tert-OH is 4. The van der Waals surface area contributed by atoms with Crippen LogP contribution in [-0.2, 0) is 9.53 Å². The lowest BCUT2D eigenvalue weighted by Gasteiger charge is -2.56. The molecule has 34 heavy (non-hydrogen) atoms. The van der Waals surface area contributed by atoms with Crippen molar-refractivity contribution in [2.24, 2.45) is 58.2 Å². The topological polar surface area (TPSA) is 107 Å². The van der Waals surface area contributed by atoms with Crippen LogP contribution in [0.4, 0.5) is 0 Å². The van der Waals surface area contributed by atoms with Crippen LogP contribution in [0.5, 0.6) is 0 Å². The van der Waals surface area contributed by atoms with E-state index in [4.69, 9.17) is 4.74 Å². The van der Waals surface area contributed by atoms with Crippen LogP contribution < -0.4 is 0 Å². The molecule has 1 saturated heterocycles. The first kappa shape index (κ1) is 26.4. The Morgan fingerprint density at radius 3 is 2.21 bits per heavy atom. The van der Waals surface area contributed by atoms with Gasteiger partial charge in [-0.1, -0.05) is 41.5 Å². The molecule has 6 nitrogen and oxygen atoms in total. The van der Waals surface area contributed by atoms with Gasteiger partial charge in [-0.25, -0.2) is 0 Å². The predicted molar refractivity (Wildman–Crippen MR) is 130 cm³/mol. The number of ether oxygens (including phenoxy) is 1. The molecule has 0 radical (unpaired) electrons. The average molecular weight is 481 g/mol. The number of carbonyl (C=O) groups is 1. The second-order valence-corrected chi connectivity index (χ2v) is 13.3. The first-order valence-electron chi connectivity index (χ1n) is 13.7. The number of hydrogen-bond acceptors (Lipinski definition) is 6. The van der Waals surface area contributed by atoms with E-state index in [2.05, 4.69) is 34.6 Å². The molecule has 0 unspecified atom stereocenters. The number of cyclic esters (lactones) is 1. The van der Waals surface area contributed by atoms with Crippen LogP contribution in [0.25, 0.3) is 0 Å². The van der Waals surface area contributed by atoms with E-state index in [-0.39, 0.29) is 52.8 Å². The summed E-state index contributed by atoms with van der Waals surface area (Å²) in [4.78, 5) is 13.0. The average Bonchev–Trinajstić information content (AvgIpc) is 3.09. The van der Waals surface area contributed by atoms with Crippen LogP contribution in [-0.4, -0.2) is 57.4 Å². The van der Waals surface area contributed by atoms with Crippen LogP contribution in [0.3, 0.4) is 0 Å². The second kappa shape index (κ2) is 9.32. The monoisotopic (exact) mass is 480 g/mol. The van der Waals surface area contributed by atoms with Gasteiger partial charge in [-0.3, -0.25) is 4.79 Å². The first-order valence-corrected chi connectivity index (χ1v) is 13.7. The molecule has 0 aromatic rings. The third kappa shape index (κ3) is 4.05. The maximum atomic E-state index is 13.0. The highest BCUT2D eigenvalue weighted by Crippen LogP contribution is 2.66. The summed E-state index contributed by atoms with van der Waals surface area (Å²) >= 11 is 0. The minimum absolute atomic E-state index is 0.00827. The van der Waals surface area contributed by atoms with Gasteiger partial charge in [0.15, 0.2) is 0 Å². The van der Waals surface area contributed by atoms with Gasteiger partial charge < -0.3 is 25.2 Å². The van der Waals surface area contributed by atoms with Crippen molar-refractivity contribution in [3.8, 4) is 0 Å². The van der Waals surface area contributed by atoms with Gasteiger partial charge in [0.05, 0.1) is 36.9 Å². The Morgan fingerprint density at radius 1 is 0.912 bits per heavy atom. The highest BCUT2D eigenvalue weighted by Gasteiger charge is 2.63. The van der Waals surface area contributed by atoms with Gasteiger partial charge in [0.25, 0.3) is 0 Å². The van der Waals surface area contributed by atoms with Gasteiger partial charge in [0, 0.05) is 0 Å². The Balaban J connectivity index is 1.58. The van der Waals surface area contributed by atoms with Gasteiger partial charge in [0.2, 0.25) is 0 Å². The molecule has 6 heteroatoms. The van der Waals surface area contributed by atoms with Crippen molar-refractivity contribution in [3.63, 3.8) is 0 Å². The summed E-state index contributed by atoms with van der Waals surface area (Å²) in [5.74, 6) is 0.948. The van der Waals surface area contributed by atoms with Crippen LogP contribution in [0.15, 0.2) is 0 Å². The fraction of sp³-hybridized carbons (Fsp3) is 0.964. The van der Waals surface area contributed by atoms with Crippen LogP contribution in [0, 0.1) is 58.2 Å². The van der Waals surface area contributed by atoms with E-state index in [1.54, 1.807) is 0 Å². The highest BCUT2D eigenvalue weighted by molar-refractivity contribution is 5.74. The van der Waals surface area contributed by atoms with Crippen molar-refractivity contribution in [2.75, 3.05) is 6.61 Å². The van der Waals surface area contributed by atoms with E-state index in [0.29, 0.717) is 30.8 Å². The molecule has 1 aliphatic heterocycles. The summed E-state index contributed by atoms with van der Waals surface area (Å²) in [5.41, 5.74) is -0.345. The molecule has 0 amide bonds. The van der Waals surface area contributed by atoms with Gasteiger partial charge in [-0.15, -0.1) is 0 Å². The molecule has 4 aliphatic rings. The molecule has 0 bridgehead atoms. The molecule has 13 atom stereocenters. The molecule has 4 rings (SSSR count). The van der Waals surface area contributed by atoms with Gasteiger partial charge in [-0.2, -0.15) is 0 Å². The summed E-state index contributed by atoms with van der Waals surface area (Å²) in [5, 5.41) is 42.9. The maximum absolute atomic E-state index is 13.0. The van der Waals surface area contributed by atoms with Crippen molar-refractivity contribution in [3.05, 3.63) is 0 Å². The second-order valence-electron chi connectivity index (χ2n) is 13.3. The predicted octanol–water partition coefficient (Wildman–Crippen LogP) is 3.39. The Hall–Kier alpha value is -0.690. The Labute approximate surface area is 205 Å². The molecule has 3 saturated carbocycles. The first-order chi connectivity index (χ1) is 15.8. The third-order valence-corrected chi connectivity index (χ3v) is 11.5. The van der Waals surface area contributed by atoms with E-state index in [9.17, 15) is 25.2 Å². The molecule has 1 heterocycles. The fourth-order valence-electron chi connectivity index (χ4n) is 8.95. The SMILES string of the molecule is CC(C)[C@@H](C)[C@H](O)[C@H](O)[C@@H](C)[C@H]1CC[C@H]2[C@@H]3COC(=O)[C@H]4C[C@H](O)[C@H](O)C[C@]4(C)[C@H]3CC[C@]12C. The van der Waals surface area contributed by atoms with Crippen molar-refractivity contribution in [1.29, 1.82) is 0 Å². The number of rotatable bonds is 5. The van der Waals surface area contributed by atoms with Gasteiger partial charge >= 0.3 is 5.97 Å². The normalized spacial score (nSPS) is 48.1. The minimum atomic E-state index is -0.867. The van der Waals surface area contributed by atoms with Crippen molar-refractivity contribution < 1.29 is 30.0 Å². The quantitative estimate of drug-likeness (QED) is 0.450. The number of carbonyl (C=O) groups excluding carboxylic acids is 1. The summed E-state index contributed by atoms with van der Waals surface area (Å²) in [7, 11) is 0. The van der Waals surface area contributed by atoms with Crippen molar-refractivity contribution >= 4 is 5.97 Å². The molecule has 0 aromatic carbocycles. The zero-order valence-corrected chi connectivity index (χ0v) is 22.0. The molecule has 196 valence electrons.